The van der Waals surface area contributed by atoms with Crippen molar-refractivity contribution in [1.29, 1.82) is 0 Å². The number of aromatic hydroxyl groups is 1. The van der Waals surface area contributed by atoms with Gasteiger partial charge in [-0.3, -0.25) is 14.6 Å². The fraction of sp³-hybridized carbons (Fsp3) is 0.182. The number of benzene rings is 1. The highest BCUT2D eigenvalue weighted by molar-refractivity contribution is 9.10. The van der Waals surface area contributed by atoms with E-state index in [1.54, 1.807) is 12.1 Å². The van der Waals surface area contributed by atoms with Gasteiger partial charge in [-0.25, -0.2) is 0 Å². The Morgan fingerprint density at radius 3 is 2.32 bits per heavy atom. The van der Waals surface area contributed by atoms with Crippen LogP contribution in [0.15, 0.2) is 27.8 Å². The number of phenolic OH excluding ortho intramolecular Hbond substituents is 1. The average molecular weight is 331 g/mol. The van der Waals surface area contributed by atoms with E-state index in [2.05, 4.69) is 21.0 Å². The molecule has 102 valence electrons. The predicted molar refractivity (Wildman–Crippen MR) is 70.2 cm³/mol. The molecule has 0 radical (unpaired) electrons. The first-order chi connectivity index (χ1) is 8.88. The lowest BCUT2D eigenvalue weighted by atomic mass is 10.2. The molecule has 1 rings (SSSR count). The maximum Gasteiger partial charge on any atom is 0.324 e. The zero-order chi connectivity index (χ0) is 14.4. The first-order valence-electron chi connectivity index (χ1n) is 5.09. The van der Waals surface area contributed by atoms with Crippen LogP contribution in [0.4, 0.5) is 0 Å². The topological polar surface area (TPSA) is 110 Å². The van der Waals surface area contributed by atoms with Crippen molar-refractivity contribution in [3.63, 3.8) is 0 Å². The summed E-state index contributed by atoms with van der Waals surface area (Å²) in [5.41, 5.74) is 0.588. The molecule has 1 aromatic carbocycles. The standard InChI is InChI=1S/C11H11BrN2O5/c12-8-3-7(1-2-9(8)15)4-13-14(5-10(16)17)6-11(18)19/h1-4,15H,5-6H2,(H,16,17)(H,18,19)/b13-4-. The molecule has 1 aromatic rings. The number of nitrogens with zero attached hydrogens (tertiary/aromatic N) is 2. The lowest BCUT2D eigenvalue weighted by molar-refractivity contribution is -0.141. The van der Waals surface area contributed by atoms with Gasteiger partial charge in [0.15, 0.2) is 0 Å². The highest BCUT2D eigenvalue weighted by Crippen LogP contribution is 2.23. The summed E-state index contributed by atoms with van der Waals surface area (Å²) in [4.78, 5) is 21.1. The third kappa shape index (κ3) is 5.38. The highest BCUT2D eigenvalue weighted by Gasteiger charge is 2.10. The van der Waals surface area contributed by atoms with Gasteiger partial charge in [0, 0.05) is 0 Å². The molecule has 8 heteroatoms. The molecule has 0 amide bonds. The van der Waals surface area contributed by atoms with E-state index in [9.17, 15) is 14.7 Å². The monoisotopic (exact) mass is 330 g/mol. The Kier molecular flexibility index (Phi) is 5.31. The second-order valence-electron chi connectivity index (χ2n) is 3.57. The highest BCUT2D eigenvalue weighted by atomic mass is 79.9. The Bertz CT molecular complexity index is 502. The number of hydrogen-bond acceptors (Lipinski definition) is 5. The fourth-order valence-corrected chi connectivity index (χ4v) is 1.60. The summed E-state index contributed by atoms with van der Waals surface area (Å²) in [7, 11) is 0. The molecule has 0 fully saturated rings. The van der Waals surface area contributed by atoms with Crippen LogP contribution in [0, 0.1) is 0 Å². The largest absolute Gasteiger partial charge is 0.507 e. The van der Waals surface area contributed by atoms with Crippen molar-refractivity contribution in [2.45, 2.75) is 0 Å². The van der Waals surface area contributed by atoms with E-state index in [-0.39, 0.29) is 5.75 Å². The molecule has 0 heterocycles. The summed E-state index contributed by atoms with van der Waals surface area (Å²) in [6.45, 7) is -1.02. The van der Waals surface area contributed by atoms with Crippen molar-refractivity contribution in [2.75, 3.05) is 13.1 Å². The van der Waals surface area contributed by atoms with Gasteiger partial charge in [-0.15, -0.1) is 0 Å². The number of carbonyl (C=O) groups is 2. The predicted octanol–water partition coefficient (Wildman–Crippen LogP) is 0.960. The molecular formula is C11H11BrN2O5. The lowest BCUT2D eigenvalue weighted by Gasteiger charge is -2.13. The summed E-state index contributed by atoms with van der Waals surface area (Å²) < 4.78 is 0.458. The Labute approximate surface area is 116 Å². The SMILES string of the molecule is O=C(O)CN(CC(=O)O)/N=C\c1ccc(O)c(Br)c1. The van der Waals surface area contributed by atoms with E-state index in [0.717, 1.165) is 5.01 Å². The number of aliphatic carboxylic acids is 2. The molecule has 0 aliphatic rings. The van der Waals surface area contributed by atoms with E-state index < -0.39 is 25.0 Å². The summed E-state index contributed by atoms with van der Waals surface area (Å²) in [6.07, 6.45) is 1.32. The smallest absolute Gasteiger partial charge is 0.324 e. The number of carboxylic acid groups (broad SMARTS) is 2. The van der Waals surface area contributed by atoms with Crippen LogP contribution in [0.1, 0.15) is 5.56 Å². The Morgan fingerprint density at radius 1 is 1.26 bits per heavy atom. The minimum atomic E-state index is -1.18. The number of hydrazone groups is 1. The fourth-order valence-electron chi connectivity index (χ4n) is 1.20. The molecule has 0 aliphatic heterocycles. The van der Waals surface area contributed by atoms with Gasteiger partial charge in [0.05, 0.1) is 10.7 Å². The van der Waals surface area contributed by atoms with Gasteiger partial charge in [-0.1, -0.05) is 0 Å². The van der Waals surface area contributed by atoms with Crippen LogP contribution in [0.2, 0.25) is 0 Å². The molecule has 0 bridgehead atoms. The molecule has 0 saturated heterocycles. The molecule has 0 aliphatic carbocycles. The van der Waals surface area contributed by atoms with Crippen molar-refractivity contribution in [2.24, 2.45) is 5.10 Å². The van der Waals surface area contributed by atoms with Crippen LogP contribution in [0.3, 0.4) is 0 Å². The Hall–Kier alpha value is -2.09. The minimum Gasteiger partial charge on any atom is -0.507 e. The number of carboxylic acids is 2. The summed E-state index contributed by atoms with van der Waals surface area (Å²) in [5.74, 6) is -2.29. The first-order valence-corrected chi connectivity index (χ1v) is 5.89. The van der Waals surface area contributed by atoms with Crippen molar-refractivity contribution in [3.05, 3.63) is 28.2 Å². The van der Waals surface area contributed by atoms with Crippen LogP contribution >= 0.6 is 15.9 Å². The van der Waals surface area contributed by atoms with E-state index in [1.165, 1.54) is 12.3 Å². The van der Waals surface area contributed by atoms with Crippen molar-refractivity contribution < 1.29 is 24.9 Å². The second-order valence-corrected chi connectivity index (χ2v) is 4.42. The quantitative estimate of drug-likeness (QED) is 0.529. The third-order valence-electron chi connectivity index (χ3n) is 1.98. The van der Waals surface area contributed by atoms with Gasteiger partial charge in [0.1, 0.15) is 18.8 Å². The summed E-state index contributed by atoms with van der Waals surface area (Å²) in [5, 5.41) is 31.3. The van der Waals surface area contributed by atoms with Gasteiger partial charge < -0.3 is 15.3 Å². The zero-order valence-electron chi connectivity index (χ0n) is 9.65. The third-order valence-corrected chi connectivity index (χ3v) is 2.61. The lowest BCUT2D eigenvalue weighted by Crippen LogP contribution is -2.30. The van der Waals surface area contributed by atoms with Crippen LogP contribution in [-0.2, 0) is 9.59 Å². The number of hydrogen-bond donors (Lipinski definition) is 3. The number of phenols is 1. The zero-order valence-corrected chi connectivity index (χ0v) is 11.2. The normalized spacial score (nSPS) is 10.6. The van der Waals surface area contributed by atoms with E-state index in [1.807, 2.05) is 0 Å². The van der Waals surface area contributed by atoms with E-state index in [0.29, 0.717) is 10.0 Å². The maximum absolute atomic E-state index is 10.6. The Balaban J connectivity index is 2.81. The van der Waals surface area contributed by atoms with E-state index in [4.69, 9.17) is 10.2 Å². The van der Waals surface area contributed by atoms with E-state index >= 15 is 0 Å². The van der Waals surface area contributed by atoms with Crippen molar-refractivity contribution in [3.8, 4) is 5.75 Å². The number of rotatable bonds is 6. The minimum absolute atomic E-state index is 0.0603. The first kappa shape index (κ1) is 15.0. The van der Waals surface area contributed by atoms with Crippen LogP contribution in [0.5, 0.6) is 5.75 Å². The molecule has 0 saturated carbocycles. The average Bonchev–Trinajstić information content (AvgIpc) is 2.29. The van der Waals surface area contributed by atoms with Crippen molar-refractivity contribution in [1.82, 2.24) is 5.01 Å². The molecular weight excluding hydrogens is 320 g/mol. The van der Waals surface area contributed by atoms with Crippen molar-refractivity contribution >= 4 is 34.1 Å². The molecule has 3 N–H and O–H groups in total. The molecule has 19 heavy (non-hydrogen) atoms. The van der Waals surface area contributed by atoms with Gasteiger partial charge in [0.25, 0.3) is 0 Å². The molecule has 0 unspecified atom stereocenters. The van der Waals surface area contributed by atoms with Gasteiger partial charge >= 0.3 is 11.9 Å². The molecule has 0 spiro atoms. The van der Waals surface area contributed by atoms with Crippen LogP contribution in [-0.4, -0.2) is 51.6 Å². The van der Waals surface area contributed by atoms with Crippen LogP contribution in [0.25, 0.3) is 0 Å². The maximum atomic E-state index is 10.6. The van der Waals surface area contributed by atoms with Gasteiger partial charge in [-0.2, -0.15) is 5.10 Å². The molecule has 0 atom stereocenters. The van der Waals surface area contributed by atoms with Crippen LogP contribution < -0.4 is 0 Å². The second kappa shape index (κ2) is 6.74. The Morgan fingerprint density at radius 2 is 1.84 bits per heavy atom. The molecule has 7 nitrogen and oxygen atoms in total. The summed E-state index contributed by atoms with van der Waals surface area (Å²) in [6, 6.07) is 4.56. The summed E-state index contributed by atoms with van der Waals surface area (Å²) >= 11 is 3.12. The van der Waals surface area contributed by atoms with Gasteiger partial charge in [0.2, 0.25) is 0 Å². The number of halogens is 1. The van der Waals surface area contributed by atoms with Gasteiger partial charge in [-0.05, 0) is 39.7 Å². The molecule has 0 aromatic heterocycles.